The average Bonchev–Trinajstić information content (AvgIpc) is 3.39. The van der Waals surface area contributed by atoms with E-state index >= 15 is 0 Å². The van der Waals surface area contributed by atoms with Gasteiger partial charge in [-0.1, -0.05) is 32.6 Å². The molecule has 76 heavy (non-hydrogen) atoms. The van der Waals surface area contributed by atoms with E-state index in [2.05, 4.69) is 34.3 Å². The fraction of sp³-hybridized carbons (Fsp3) is 0.857. The Labute approximate surface area is 453 Å². The minimum Gasteiger partial charge on any atom is -0.481 e. The summed E-state index contributed by atoms with van der Waals surface area (Å²) in [6.07, 6.45) is 12.0. The van der Waals surface area contributed by atoms with Crippen LogP contribution < -0.4 is 50.4 Å². The first-order valence-corrected chi connectivity index (χ1v) is 26.3. The highest BCUT2D eigenvalue weighted by atomic mass is 16.6. The molecule has 27 heteroatoms. The number of unbranched alkanes of at least 4 members (excludes halogenated alkanes) is 6. The van der Waals surface area contributed by atoms with Gasteiger partial charge in [0.05, 0.1) is 132 Å². The van der Waals surface area contributed by atoms with E-state index in [-0.39, 0.29) is 43.6 Å². The van der Waals surface area contributed by atoms with Gasteiger partial charge in [0.1, 0.15) is 6.29 Å². The van der Waals surface area contributed by atoms with Crippen LogP contribution in [0.25, 0.3) is 0 Å². The van der Waals surface area contributed by atoms with Crippen molar-refractivity contribution in [3.05, 3.63) is 0 Å². The number of hydrogen-bond donors (Lipinski definition) is 10. The van der Waals surface area contributed by atoms with Gasteiger partial charge in [0, 0.05) is 65.0 Å². The number of carbonyl (C=O) groups excluding carboxylic acids is 6. The van der Waals surface area contributed by atoms with E-state index in [0.29, 0.717) is 184 Å². The van der Waals surface area contributed by atoms with Gasteiger partial charge in [0.2, 0.25) is 30.5 Å². The number of primary amides is 3. The maximum Gasteiger partial charge on any atom is 0.305 e. The standard InChI is InChI=1S/C25H49N3O10.C10H22N2O3.C7H15NO3.C5H13N.2CH3NO/c26-8-13-35-17-15-33-11-6-24(30)27-9-4-2-1-3-5-23(29)28-10-14-36-18-20-38-22-21-37-19-16-34-12-7-25(31)32;11-5-7-15-9-8-14-6-3-1-2-4-10(12)13;8-2-5-11-7-6-10-4-1-3-9;1-3-4-5-6-2;2*2-1-3/h1-22,26H2,(H,27,30)(H,28,29)(H,31,32);1-9,11H2,(H2,12,13);3H,1-2,4-8H2;6H,3-5H2,1-2H3;2*1H,(H2,2,3). The molecular weight excluding hydrogens is 1000 g/mol. The summed E-state index contributed by atoms with van der Waals surface area (Å²) in [5.74, 6) is -1.13. The first kappa shape index (κ1) is 83.3. The van der Waals surface area contributed by atoms with Crippen LogP contribution in [0.15, 0.2) is 0 Å². The quantitative estimate of drug-likeness (QED) is 0.0255. The Kier molecular flexibility index (Phi) is 93.0. The monoisotopic (exact) mass is 1110 g/mol. The second-order valence-corrected chi connectivity index (χ2v) is 15.2. The van der Waals surface area contributed by atoms with E-state index in [4.69, 9.17) is 85.0 Å². The van der Waals surface area contributed by atoms with E-state index in [1.807, 2.05) is 7.05 Å². The highest BCUT2D eigenvalue weighted by Gasteiger charge is 2.03. The third-order valence-electron chi connectivity index (χ3n) is 8.55. The fourth-order valence-corrected chi connectivity index (χ4v) is 4.90. The number of hydrogen-bond acceptors (Lipinski definition) is 21. The predicted octanol–water partition coefficient (Wildman–Crippen LogP) is -1.11. The van der Waals surface area contributed by atoms with Gasteiger partial charge in [0.25, 0.3) is 0 Å². The molecule has 0 unspecified atom stereocenters. The van der Waals surface area contributed by atoms with Crippen molar-refractivity contribution in [3.63, 3.8) is 0 Å². The molecule has 0 saturated heterocycles. The second-order valence-electron chi connectivity index (χ2n) is 15.2. The second kappa shape index (κ2) is 84.9. The van der Waals surface area contributed by atoms with Gasteiger partial charge in [-0.25, -0.2) is 0 Å². The van der Waals surface area contributed by atoms with Crippen LogP contribution in [0.1, 0.15) is 96.8 Å². The van der Waals surface area contributed by atoms with Crippen molar-refractivity contribution in [1.29, 1.82) is 0 Å². The van der Waals surface area contributed by atoms with Crippen LogP contribution in [-0.4, -0.2) is 226 Å². The van der Waals surface area contributed by atoms with E-state index in [9.17, 15) is 24.0 Å². The summed E-state index contributed by atoms with van der Waals surface area (Å²) in [7, 11) is 1.98. The number of amides is 5. The van der Waals surface area contributed by atoms with Gasteiger partial charge in [-0.15, -0.1) is 0 Å². The molecule has 27 nitrogen and oxygen atoms in total. The lowest BCUT2D eigenvalue weighted by atomic mass is 10.1. The zero-order chi connectivity index (χ0) is 57.9. The third-order valence-corrected chi connectivity index (χ3v) is 8.55. The normalized spacial score (nSPS) is 10.0. The molecule has 0 aromatic heterocycles. The molecule has 0 heterocycles. The number of carboxylic acids is 1. The summed E-state index contributed by atoms with van der Waals surface area (Å²) in [5, 5.41) is 17.2. The van der Waals surface area contributed by atoms with Gasteiger partial charge in [-0.2, -0.15) is 0 Å². The molecule has 16 N–H and O–H groups in total. The molecule has 0 spiro atoms. The molecule has 454 valence electrons. The molecular formula is C49H105N9O18. The molecule has 0 aromatic rings. The zero-order valence-electron chi connectivity index (χ0n) is 46.4. The molecule has 0 aromatic carbocycles. The third kappa shape index (κ3) is 106. The number of ether oxygens (including phenoxy) is 10. The molecule has 0 aliphatic rings. The van der Waals surface area contributed by atoms with E-state index in [0.717, 1.165) is 57.8 Å². The Morgan fingerprint density at radius 1 is 0.421 bits per heavy atom. The first-order valence-electron chi connectivity index (χ1n) is 26.3. The number of aliphatic carboxylic acids is 1. The Morgan fingerprint density at radius 2 is 0.789 bits per heavy atom. The van der Waals surface area contributed by atoms with Crippen LogP contribution in [0.3, 0.4) is 0 Å². The minimum absolute atomic E-state index is 0.00988. The lowest BCUT2D eigenvalue weighted by molar-refractivity contribution is -0.138. The van der Waals surface area contributed by atoms with Gasteiger partial charge in [0.15, 0.2) is 0 Å². The van der Waals surface area contributed by atoms with E-state index in [1.165, 1.54) is 12.8 Å². The Balaban J connectivity index is -0.000000260. The number of rotatable bonds is 52. The summed E-state index contributed by atoms with van der Waals surface area (Å²) in [4.78, 5) is 71.2. The molecule has 0 bridgehead atoms. The van der Waals surface area contributed by atoms with Gasteiger partial charge in [-0.05, 0) is 45.7 Å². The highest BCUT2D eigenvalue weighted by molar-refractivity contribution is 5.76. The summed E-state index contributed by atoms with van der Waals surface area (Å²) in [6, 6.07) is 0. The van der Waals surface area contributed by atoms with Crippen molar-refractivity contribution in [1.82, 2.24) is 16.0 Å². The lowest BCUT2D eigenvalue weighted by Gasteiger charge is -2.08. The summed E-state index contributed by atoms with van der Waals surface area (Å²) >= 11 is 0. The fourth-order valence-electron chi connectivity index (χ4n) is 4.90. The van der Waals surface area contributed by atoms with Crippen molar-refractivity contribution in [2.24, 2.45) is 34.4 Å². The van der Waals surface area contributed by atoms with Crippen LogP contribution in [-0.2, 0) is 80.9 Å². The number of carboxylic acid groups (broad SMARTS) is 1. The summed E-state index contributed by atoms with van der Waals surface area (Å²) < 4.78 is 52.2. The Hall–Kier alpha value is -4.07. The van der Waals surface area contributed by atoms with Gasteiger partial charge < -0.3 is 108 Å². The highest BCUT2D eigenvalue weighted by Crippen LogP contribution is 2.03. The molecule has 0 radical (unpaired) electrons. The average molecular weight is 1110 g/mol. The lowest BCUT2D eigenvalue weighted by Crippen LogP contribution is -2.27. The Morgan fingerprint density at radius 3 is 1.21 bits per heavy atom. The summed E-state index contributed by atoms with van der Waals surface area (Å²) in [5.41, 5.74) is 29.1. The molecule has 0 rings (SSSR count). The van der Waals surface area contributed by atoms with Crippen LogP contribution in [0.2, 0.25) is 0 Å². The number of carbonyl (C=O) groups is 7. The van der Waals surface area contributed by atoms with Crippen molar-refractivity contribution in [2.75, 3.05) is 178 Å². The van der Waals surface area contributed by atoms with E-state index < -0.39 is 5.97 Å². The number of aldehydes is 1. The maximum absolute atomic E-state index is 11.8. The van der Waals surface area contributed by atoms with E-state index in [1.54, 1.807) is 0 Å². The largest absolute Gasteiger partial charge is 0.481 e. The zero-order valence-corrected chi connectivity index (χ0v) is 46.4. The molecule has 5 amide bonds. The molecule has 0 atom stereocenters. The topological polar surface area (TPSA) is 424 Å². The van der Waals surface area contributed by atoms with Crippen LogP contribution in [0, 0.1) is 0 Å². The first-order chi connectivity index (χ1) is 37.0. The molecule has 0 saturated carbocycles. The van der Waals surface area contributed by atoms with Gasteiger partial charge in [-0.3, -0.25) is 28.8 Å². The molecule has 0 aliphatic carbocycles. The molecule has 0 fully saturated rings. The summed E-state index contributed by atoms with van der Waals surface area (Å²) in [6.45, 7) is 15.6. The number of nitrogens with two attached hydrogens (primary N) is 6. The van der Waals surface area contributed by atoms with Crippen LogP contribution >= 0.6 is 0 Å². The smallest absolute Gasteiger partial charge is 0.305 e. The van der Waals surface area contributed by atoms with Crippen LogP contribution in [0.5, 0.6) is 0 Å². The van der Waals surface area contributed by atoms with Crippen molar-refractivity contribution in [3.8, 4) is 0 Å². The minimum atomic E-state index is -0.883. The molecule has 0 aliphatic heterocycles. The number of nitrogens with one attached hydrogen (secondary N) is 3. The maximum atomic E-state index is 11.8. The van der Waals surface area contributed by atoms with Gasteiger partial charge >= 0.3 is 5.97 Å². The van der Waals surface area contributed by atoms with Crippen molar-refractivity contribution < 1.29 is 86.0 Å². The van der Waals surface area contributed by atoms with Crippen molar-refractivity contribution in [2.45, 2.75) is 96.8 Å². The Bertz CT molecular complexity index is 1170. The van der Waals surface area contributed by atoms with Crippen LogP contribution in [0.4, 0.5) is 0 Å². The predicted molar refractivity (Wildman–Crippen MR) is 289 cm³/mol. The van der Waals surface area contributed by atoms with Crippen molar-refractivity contribution >= 4 is 42.8 Å². The SMILES string of the molecule is CCCCNC.NC=O.NC=O.NCCOCCOCCC(=O)NCCCCCCC(=O)NCCOCCOCCOCCOCCC(=O)O.NCCOCCOCCC=O.NCCOCCOCCCCCC(N)=O.